The monoisotopic (exact) mass is 403 g/mol. The van der Waals surface area contributed by atoms with E-state index in [2.05, 4.69) is 10.4 Å². The van der Waals surface area contributed by atoms with Crippen LogP contribution < -0.4 is 10.1 Å². The number of ether oxygens (including phenoxy) is 1. The van der Waals surface area contributed by atoms with Crippen LogP contribution in [0.2, 0.25) is 5.02 Å². The Morgan fingerprint density at radius 2 is 2.19 bits per heavy atom. The molecule has 0 aliphatic rings. The average Bonchev–Trinajstić information content (AvgIpc) is 3.30. The van der Waals surface area contributed by atoms with Gasteiger partial charge in [0.25, 0.3) is 5.91 Å². The zero-order valence-electron chi connectivity index (χ0n) is 15.5. The molecule has 27 heavy (non-hydrogen) atoms. The van der Waals surface area contributed by atoms with E-state index in [4.69, 9.17) is 16.3 Å². The number of amides is 1. The molecule has 0 saturated heterocycles. The van der Waals surface area contributed by atoms with Gasteiger partial charge in [0.15, 0.2) is 0 Å². The highest BCUT2D eigenvalue weighted by molar-refractivity contribution is 7.12. The standard InChI is InChI=1S/C20H22ClN3O2S/c1-4-24-17(7-8-22-24)14(3)23-20(25)19-10-15(12-27-19)11-26-18-6-5-16(21)9-13(18)2/h5-10,12,14H,4,11H2,1-3H3,(H,23,25). The number of thiophene rings is 1. The Morgan fingerprint density at radius 1 is 1.37 bits per heavy atom. The lowest BCUT2D eigenvalue weighted by Crippen LogP contribution is -2.27. The van der Waals surface area contributed by atoms with Gasteiger partial charge >= 0.3 is 0 Å². The predicted molar refractivity (Wildman–Crippen MR) is 109 cm³/mol. The number of hydrogen-bond donors (Lipinski definition) is 1. The number of hydrogen-bond acceptors (Lipinski definition) is 4. The summed E-state index contributed by atoms with van der Waals surface area (Å²) >= 11 is 7.38. The first kappa shape index (κ1) is 19.5. The van der Waals surface area contributed by atoms with Crippen molar-refractivity contribution in [2.75, 3.05) is 0 Å². The van der Waals surface area contributed by atoms with Gasteiger partial charge in [0, 0.05) is 23.3 Å². The Morgan fingerprint density at radius 3 is 2.93 bits per heavy atom. The summed E-state index contributed by atoms with van der Waals surface area (Å²) in [5.74, 6) is 0.698. The highest BCUT2D eigenvalue weighted by Gasteiger charge is 2.16. The van der Waals surface area contributed by atoms with Crippen molar-refractivity contribution in [2.24, 2.45) is 0 Å². The molecule has 1 unspecified atom stereocenters. The summed E-state index contributed by atoms with van der Waals surface area (Å²) in [6.45, 7) is 7.12. The third kappa shape index (κ3) is 4.70. The summed E-state index contributed by atoms with van der Waals surface area (Å²) < 4.78 is 7.73. The largest absolute Gasteiger partial charge is 0.489 e. The minimum Gasteiger partial charge on any atom is -0.489 e. The second-order valence-corrected chi connectivity index (χ2v) is 7.63. The zero-order valence-corrected chi connectivity index (χ0v) is 17.1. The Hall–Kier alpha value is -2.31. The van der Waals surface area contributed by atoms with Gasteiger partial charge in [-0.15, -0.1) is 11.3 Å². The number of rotatable bonds is 7. The normalized spacial score (nSPS) is 12.0. The topological polar surface area (TPSA) is 56.2 Å². The maximum absolute atomic E-state index is 12.5. The quantitative estimate of drug-likeness (QED) is 0.604. The molecule has 3 aromatic rings. The van der Waals surface area contributed by atoms with Crippen LogP contribution in [0.15, 0.2) is 41.9 Å². The Balaban J connectivity index is 1.60. The van der Waals surface area contributed by atoms with Gasteiger partial charge in [-0.05, 0) is 62.0 Å². The first-order valence-electron chi connectivity index (χ1n) is 8.77. The molecule has 0 aliphatic carbocycles. The fourth-order valence-electron chi connectivity index (χ4n) is 2.82. The minimum atomic E-state index is -0.113. The lowest BCUT2D eigenvalue weighted by atomic mass is 10.2. The molecule has 0 bridgehead atoms. The van der Waals surface area contributed by atoms with Crippen LogP contribution in [0.5, 0.6) is 5.75 Å². The van der Waals surface area contributed by atoms with Crippen LogP contribution in [-0.4, -0.2) is 15.7 Å². The van der Waals surface area contributed by atoms with Gasteiger partial charge in [0.1, 0.15) is 12.4 Å². The van der Waals surface area contributed by atoms with Crippen molar-refractivity contribution in [1.82, 2.24) is 15.1 Å². The van der Waals surface area contributed by atoms with Gasteiger partial charge in [0.05, 0.1) is 16.6 Å². The fraction of sp³-hybridized carbons (Fsp3) is 0.300. The highest BCUT2D eigenvalue weighted by atomic mass is 35.5. The van der Waals surface area contributed by atoms with Gasteiger partial charge in [-0.1, -0.05) is 11.6 Å². The lowest BCUT2D eigenvalue weighted by Gasteiger charge is -2.14. The molecule has 0 aliphatic heterocycles. The maximum atomic E-state index is 12.5. The van der Waals surface area contributed by atoms with Gasteiger partial charge in [-0.3, -0.25) is 9.48 Å². The molecule has 3 rings (SSSR count). The van der Waals surface area contributed by atoms with Crippen molar-refractivity contribution in [1.29, 1.82) is 0 Å². The summed E-state index contributed by atoms with van der Waals surface area (Å²) in [5, 5.41) is 9.91. The van der Waals surface area contributed by atoms with Crippen LogP contribution in [0.4, 0.5) is 0 Å². The molecular weight excluding hydrogens is 382 g/mol. The number of carbonyl (C=O) groups excluding carboxylic acids is 1. The van der Waals surface area contributed by atoms with Crippen LogP contribution in [0.25, 0.3) is 0 Å². The molecule has 0 spiro atoms. The fourth-order valence-corrected chi connectivity index (χ4v) is 3.85. The number of benzene rings is 1. The van der Waals surface area contributed by atoms with Crippen LogP contribution >= 0.6 is 22.9 Å². The number of halogens is 1. The summed E-state index contributed by atoms with van der Waals surface area (Å²) in [7, 11) is 0. The van der Waals surface area contributed by atoms with E-state index in [1.165, 1.54) is 11.3 Å². The van der Waals surface area contributed by atoms with Crippen LogP contribution in [0.1, 0.15) is 46.4 Å². The second-order valence-electron chi connectivity index (χ2n) is 6.28. The number of carbonyl (C=O) groups is 1. The molecule has 1 aromatic carbocycles. The summed E-state index contributed by atoms with van der Waals surface area (Å²) in [6, 6.07) is 9.21. The number of nitrogens with zero attached hydrogens (tertiary/aromatic N) is 2. The summed E-state index contributed by atoms with van der Waals surface area (Å²) in [6.07, 6.45) is 1.75. The van der Waals surface area contributed by atoms with Gasteiger partial charge in [0.2, 0.25) is 0 Å². The molecule has 0 radical (unpaired) electrons. The summed E-state index contributed by atoms with van der Waals surface area (Å²) in [5.41, 5.74) is 2.94. The third-order valence-electron chi connectivity index (χ3n) is 4.25. The molecule has 142 valence electrons. The molecule has 2 heterocycles. The van der Waals surface area contributed by atoms with Gasteiger partial charge < -0.3 is 10.1 Å². The molecule has 2 aromatic heterocycles. The van der Waals surface area contributed by atoms with Crippen molar-refractivity contribution in [3.05, 3.63) is 68.6 Å². The zero-order chi connectivity index (χ0) is 19.4. The van der Waals surface area contributed by atoms with Crippen molar-refractivity contribution in [2.45, 2.75) is 40.0 Å². The van der Waals surface area contributed by atoms with Crippen LogP contribution in [0, 0.1) is 6.92 Å². The third-order valence-corrected chi connectivity index (χ3v) is 5.46. The number of aryl methyl sites for hydroxylation is 2. The second kappa shape index (κ2) is 8.59. The predicted octanol–water partition coefficient (Wildman–Crippen LogP) is 5.00. The Bertz CT molecular complexity index is 935. The van der Waals surface area contributed by atoms with Gasteiger partial charge in [-0.2, -0.15) is 5.10 Å². The molecule has 1 N–H and O–H groups in total. The first-order valence-corrected chi connectivity index (χ1v) is 10.0. The van der Waals surface area contributed by atoms with E-state index < -0.39 is 0 Å². The van der Waals surface area contributed by atoms with E-state index in [0.717, 1.165) is 29.1 Å². The molecule has 1 atom stereocenters. The molecular formula is C20H22ClN3O2S. The number of nitrogens with one attached hydrogen (secondary N) is 1. The van der Waals surface area contributed by atoms with E-state index in [0.29, 0.717) is 16.5 Å². The van der Waals surface area contributed by atoms with E-state index in [-0.39, 0.29) is 11.9 Å². The van der Waals surface area contributed by atoms with Crippen molar-refractivity contribution in [3.63, 3.8) is 0 Å². The van der Waals surface area contributed by atoms with Crippen LogP contribution in [-0.2, 0) is 13.2 Å². The lowest BCUT2D eigenvalue weighted by molar-refractivity contribution is 0.0942. The van der Waals surface area contributed by atoms with E-state index in [1.54, 1.807) is 12.3 Å². The van der Waals surface area contributed by atoms with E-state index in [9.17, 15) is 4.79 Å². The van der Waals surface area contributed by atoms with E-state index in [1.807, 2.05) is 55.1 Å². The molecule has 7 heteroatoms. The molecule has 0 fully saturated rings. The Labute approximate surface area is 167 Å². The average molecular weight is 404 g/mol. The molecule has 1 amide bonds. The maximum Gasteiger partial charge on any atom is 0.261 e. The minimum absolute atomic E-state index is 0.0923. The summed E-state index contributed by atoms with van der Waals surface area (Å²) in [4.78, 5) is 13.2. The van der Waals surface area contributed by atoms with E-state index >= 15 is 0 Å². The van der Waals surface area contributed by atoms with Crippen molar-refractivity contribution < 1.29 is 9.53 Å². The van der Waals surface area contributed by atoms with Crippen molar-refractivity contribution in [3.8, 4) is 5.75 Å². The molecule has 5 nitrogen and oxygen atoms in total. The molecule has 0 saturated carbocycles. The highest BCUT2D eigenvalue weighted by Crippen LogP contribution is 2.24. The SMILES string of the molecule is CCn1nccc1C(C)NC(=O)c1cc(COc2ccc(Cl)cc2C)cs1. The Kier molecular flexibility index (Phi) is 6.19. The van der Waals surface area contributed by atoms with Crippen molar-refractivity contribution >= 4 is 28.8 Å². The number of aromatic nitrogens is 2. The van der Waals surface area contributed by atoms with Crippen LogP contribution in [0.3, 0.4) is 0 Å². The first-order chi connectivity index (χ1) is 13.0. The smallest absolute Gasteiger partial charge is 0.261 e. The van der Waals surface area contributed by atoms with Gasteiger partial charge in [-0.25, -0.2) is 0 Å².